The lowest BCUT2D eigenvalue weighted by Crippen LogP contribution is -2.40. The molecule has 1 unspecified atom stereocenters. The van der Waals surface area contributed by atoms with Crippen LogP contribution in [0.2, 0.25) is 0 Å². The first kappa shape index (κ1) is 21.8. The summed E-state index contributed by atoms with van der Waals surface area (Å²) in [5.74, 6) is 2.56. The summed E-state index contributed by atoms with van der Waals surface area (Å²) >= 11 is 0. The summed E-state index contributed by atoms with van der Waals surface area (Å²) in [6.07, 6.45) is 0.823. The number of fused-ring (bicyclic) bond motifs is 2. The van der Waals surface area contributed by atoms with Crippen molar-refractivity contribution in [3.8, 4) is 28.7 Å². The van der Waals surface area contributed by atoms with Crippen LogP contribution in [0.3, 0.4) is 0 Å². The molecule has 0 N–H and O–H groups in total. The maximum Gasteiger partial charge on any atom is 0.231 e. The molecule has 1 amide bonds. The second-order valence-electron chi connectivity index (χ2n) is 8.27. The van der Waals surface area contributed by atoms with Crippen molar-refractivity contribution in [1.82, 2.24) is 4.90 Å². The summed E-state index contributed by atoms with van der Waals surface area (Å²) in [5, 5.41) is 0. The van der Waals surface area contributed by atoms with Gasteiger partial charge < -0.3 is 28.6 Å². The van der Waals surface area contributed by atoms with Gasteiger partial charge in [0, 0.05) is 20.0 Å². The molecule has 32 heavy (non-hydrogen) atoms. The van der Waals surface area contributed by atoms with Crippen molar-refractivity contribution in [1.29, 1.82) is 0 Å². The van der Waals surface area contributed by atoms with E-state index in [2.05, 4.69) is 0 Å². The van der Waals surface area contributed by atoms with Gasteiger partial charge in [0.1, 0.15) is 5.60 Å². The molecule has 2 aliphatic rings. The Kier molecular flexibility index (Phi) is 5.86. The fourth-order valence-electron chi connectivity index (χ4n) is 4.04. The van der Waals surface area contributed by atoms with Crippen molar-refractivity contribution in [2.75, 3.05) is 28.1 Å². The van der Waals surface area contributed by atoms with Crippen LogP contribution < -0.4 is 23.7 Å². The van der Waals surface area contributed by atoms with E-state index in [1.165, 1.54) is 14.2 Å². The Balaban J connectivity index is 1.42. The van der Waals surface area contributed by atoms with E-state index < -0.39 is 5.60 Å². The number of amides is 1. The summed E-state index contributed by atoms with van der Waals surface area (Å²) < 4.78 is 27.7. The maximum absolute atomic E-state index is 12.8. The van der Waals surface area contributed by atoms with Crippen LogP contribution in [0.15, 0.2) is 30.3 Å². The number of carbonyl (C=O) groups is 2. The van der Waals surface area contributed by atoms with Gasteiger partial charge in [-0.05, 0) is 43.2 Å². The molecule has 0 aliphatic carbocycles. The molecule has 2 aromatic rings. The Hall–Kier alpha value is -3.42. The smallest absolute Gasteiger partial charge is 0.231 e. The van der Waals surface area contributed by atoms with Gasteiger partial charge in [-0.3, -0.25) is 9.59 Å². The normalized spacial score (nSPS) is 18.6. The molecule has 0 aromatic heterocycles. The minimum atomic E-state index is -0.820. The largest absolute Gasteiger partial charge is 0.493 e. The molecule has 170 valence electrons. The Morgan fingerprint density at radius 3 is 2.66 bits per heavy atom. The molecule has 8 heteroatoms. The lowest BCUT2D eigenvalue weighted by Gasteiger charge is -2.36. The number of hydrogen-bond acceptors (Lipinski definition) is 7. The monoisotopic (exact) mass is 441 g/mol. The van der Waals surface area contributed by atoms with Gasteiger partial charge in [-0.1, -0.05) is 6.07 Å². The molecule has 4 rings (SSSR count). The highest BCUT2D eigenvalue weighted by molar-refractivity contribution is 6.01. The van der Waals surface area contributed by atoms with Gasteiger partial charge in [-0.25, -0.2) is 0 Å². The third kappa shape index (κ3) is 4.17. The van der Waals surface area contributed by atoms with E-state index in [-0.39, 0.29) is 31.3 Å². The minimum Gasteiger partial charge on any atom is -0.493 e. The fraction of sp³-hybridized carbons (Fsp3) is 0.417. The predicted octanol–water partition coefficient (Wildman–Crippen LogP) is 3.60. The van der Waals surface area contributed by atoms with Crippen LogP contribution in [-0.4, -0.2) is 50.3 Å². The van der Waals surface area contributed by atoms with E-state index >= 15 is 0 Å². The van der Waals surface area contributed by atoms with Crippen molar-refractivity contribution in [2.45, 2.75) is 38.3 Å². The first-order chi connectivity index (χ1) is 15.3. The standard InChI is InChI=1S/C24H27NO7/c1-24(12-17(26)16-6-8-19(28-3)23(29-4)22(16)32-24)10-9-21(27)25(2)13-15-5-7-18-20(11-15)31-14-30-18/h5-8,11H,9-10,12-14H2,1-4H3. The average molecular weight is 441 g/mol. The summed E-state index contributed by atoms with van der Waals surface area (Å²) in [6.45, 7) is 2.50. The number of methoxy groups -OCH3 is 2. The van der Waals surface area contributed by atoms with Gasteiger partial charge in [0.25, 0.3) is 0 Å². The number of hydrogen-bond donors (Lipinski definition) is 0. The molecule has 0 spiro atoms. The number of ether oxygens (including phenoxy) is 5. The molecule has 2 aromatic carbocycles. The lowest BCUT2D eigenvalue weighted by molar-refractivity contribution is -0.131. The molecule has 1 atom stereocenters. The number of ketones is 1. The lowest BCUT2D eigenvalue weighted by atomic mass is 9.87. The predicted molar refractivity (Wildman–Crippen MR) is 116 cm³/mol. The van der Waals surface area contributed by atoms with Gasteiger partial charge in [0.2, 0.25) is 18.4 Å². The third-order valence-electron chi connectivity index (χ3n) is 5.83. The number of carbonyl (C=O) groups excluding carboxylic acids is 2. The topological polar surface area (TPSA) is 83.5 Å². The summed E-state index contributed by atoms with van der Waals surface area (Å²) in [6, 6.07) is 9.02. The van der Waals surface area contributed by atoms with Crippen LogP contribution in [0, 0.1) is 0 Å². The number of rotatable bonds is 7. The SMILES string of the molecule is COc1ccc2c(c1OC)OC(C)(CCC(=O)N(C)Cc1ccc3c(c1)OCO3)CC2=O. The van der Waals surface area contributed by atoms with Crippen LogP contribution in [0.25, 0.3) is 0 Å². The third-order valence-corrected chi connectivity index (χ3v) is 5.83. The van der Waals surface area contributed by atoms with Gasteiger partial charge in [0.15, 0.2) is 28.8 Å². The van der Waals surface area contributed by atoms with Gasteiger partial charge in [-0.2, -0.15) is 0 Å². The quantitative estimate of drug-likeness (QED) is 0.649. The Bertz CT molecular complexity index is 1050. The molecular weight excluding hydrogens is 414 g/mol. The molecule has 8 nitrogen and oxygen atoms in total. The van der Waals surface area contributed by atoms with Crippen molar-refractivity contribution in [3.63, 3.8) is 0 Å². The molecule has 2 aliphatic heterocycles. The van der Waals surface area contributed by atoms with Crippen LogP contribution in [0.5, 0.6) is 28.7 Å². The number of benzene rings is 2. The van der Waals surface area contributed by atoms with E-state index in [1.54, 1.807) is 24.1 Å². The second kappa shape index (κ2) is 8.61. The Morgan fingerprint density at radius 1 is 1.12 bits per heavy atom. The second-order valence-corrected chi connectivity index (χ2v) is 8.27. The minimum absolute atomic E-state index is 0.0386. The van der Waals surface area contributed by atoms with E-state index in [0.717, 1.165) is 5.56 Å². The summed E-state index contributed by atoms with van der Waals surface area (Å²) in [7, 11) is 4.79. The molecule has 0 fully saturated rings. The zero-order chi connectivity index (χ0) is 22.9. The Morgan fingerprint density at radius 2 is 1.91 bits per heavy atom. The van der Waals surface area contributed by atoms with Gasteiger partial charge >= 0.3 is 0 Å². The summed E-state index contributed by atoms with van der Waals surface area (Å²) in [5.41, 5.74) is 0.594. The van der Waals surface area contributed by atoms with Crippen molar-refractivity contribution in [3.05, 3.63) is 41.5 Å². The summed E-state index contributed by atoms with van der Waals surface area (Å²) in [4.78, 5) is 27.2. The average Bonchev–Trinajstić information content (AvgIpc) is 3.24. The Labute approximate surface area is 187 Å². The first-order valence-electron chi connectivity index (χ1n) is 10.4. The number of nitrogens with zero attached hydrogens (tertiary/aromatic N) is 1. The van der Waals surface area contributed by atoms with Crippen molar-refractivity contribution in [2.24, 2.45) is 0 Å². The maximum atomic E-state index is 12.8. The van der Waals surface area contributed by atoms with E-state index in [1.807, 2.05) is 25.1 Å². The van der Waals surface area contributed by atoms with Crippen LogP contribution in [0.1, 0.15) is 42.1 Å². The molecule has 0 saturated heterocycles. The molecule has 2 heterocycles. The zero-order valence-electron chi connectivity index (χ0n) is 18.7. The zero-order valence-corrected chi connectivity index (χ0v) is 18.7. The van der Waals surface area contributed by atoms with E-state index in [9.17, 15) is 9.59 Å². The number of Topliss-reactive ketones (excluding diaryl/α,β-unsaturated/α-hetero) is 1. The van der Waals surface area contributed by atoms with Gasteiger partial charge in [0.05, 0.1) is 26.2 Å². The van der Waals surface area contributed by atoms with E-state index in [4.69, 9.17) is 23.7 Å². The molecule has 0 bridgehead atoms. The van der Waals surface area contributed by atoms with Crippen molar-refractivity contribution >= 4 is 11.7 Å². The highest BCUT2D eigenvalue weighted by Crippen LogP contribution is 2.46. The highest BCUT2D eigenvalue weighted by atomic mass is 16.7. The molecule has 0 radical (unpaired) electrons. The fourth-order valence-corrected chi connectivity index (χ4v) is 4.04. The van der Waals surface area contributed by atoms with Crippen LogP contribution in [-0.2, 0) is 11.3 Å². The highest BCUT2D eigenvalue weighted by Gasteiger charge is 2.39. The van der Waals surface area contributed by atoms with Crippen LogP contribution >= 0.6 is 0 Å². The van der Waals surface area contributed by atoms with Crippen molar-refractivity contribution < 1.29 is 33.3 Å². The van der Waals surface area contributed by atoms with E-state index in [0.29, 0.717) is 47.3 Å². The molecule has 0 saturated carbocycles. The van der Waals surface area contributed by atoms with Crippen LogP contribution in [0.4, 0.5) is 0 Å². The molecular formula is C24H27NO7. The first-order valence-corrected chi connectivity index (χ1v) is 10.4. The van der Waals surface area contributed by atoms with Gasteiger partial charge in [-0.15, -0.1) is 0 Å².